The van der Waals surface area contributed by atoms with Crippen molar-refractivity contribution in [1.82, 2.24) is 10.4 Å². The molecule has 2 nitrogen and oxygen atoms in total. The first-order valence-corrected chi connectivity index (χ1v) is 8.85. The summed E-state index contributed by atoms with van der Waals surface area (Å²) in [6.45, 7) is 9.37. The molecule has 112 valence electrons. The molecule has 0 aromatic heterocycles. The molecule has 3 aliphatic carbocycles. The predicted octanol–water partition coefficient (Wildman–Crippen LogP) is 3.95. The van der Waals surface area contributed by atoms with Crippen LogP contribution in [0.2, 0.25) is 0 Å². The molecule has 4 unspecified atom stereocenters. The molecule has 1 saturated heterocycles. The van der Waals surface area contributed by atoms with Gasteiger partial charge in [0.25, 0.3) is 0 Å². The minimum absolute atomic E-state index is 0.811. The van der Waals surface area contributed by atoms with Gasteiger partial charge < -0.3 is 5.01 Å². The van der Waals surface area contributed by atoms with Crippen LogP contribution < -0.4 is 5.43 Å². The SMILES string of the molecule is CCCCNN1CC2C3CC(C2C1=C(C)C)C1(CC1)C3. The number of hydrogen-bond acceptors (Lipinski definition) is 2. The van der Waals surface area contributed by atoms with Gasteiger partial charge in [-0.25, -0.2) is 5.43 Å². The Morgan fingerprint density at radius 2 is 2.15 bits per heavy atom. The average molecular weight is 274 g/mol. The summed E-state index contributed by atoms with van der Waals surface area (Å²) in [5, 5.41) is 2.56. The van der Waals surface area contributed by atoms with Crippen molar-refractivity contribution in [2.24, 2.45) is 29.1 Å². The Morgan fingerprint density at radius 3 is 2.80 bits per heavy atom. The van der Waals surface area contributed by atoms with Crippen LogP contribution in [0.1, 0.15) is 59.3 Å². The number of hydrazine groups is 1. The van der Waals surface area contributed by atoms with Crippen molar-refractivity contribution in [2.45, 2.75) is 59.3 Å². The van der Waals surface area contributed by atoms with Crippen LogP contribution in [0.5, 0.6) is 0 Å². The number of nitrogens with zero attached hydrogens (tertiary/aromatic N) is 1. The highest BCUT2D eigenvalue weighted by atomic mass is 15.5. The summed E-state index contributed by atoms with van der Waals surface area (Å²) >= 11 is 0. The van der Waals surface area contributed by atoms with E-state index in [0.717, 1.165) is 35.6 Å². The molecule has 1 aliphatic heterocycles. The van der Waals surface area contributed by atoms with Crippen molar-refractivity contribution in [3.63, 3.8) is 0 Å². The molecule has 2 heteroatoms. The van der Waals surface area contributed by atoms with E-state index in [4.69, 9.17) is 0 Å². The molecular weight excluding hydrogens is 244 g/mol. The number of hydrogen-bond donors (Lipinski definition) is 1. The van der Waals surface area contributed by atoms with Gasteiger partial charge in [0.1, 0.15) is 0 Å². The molecule has 4 atom stereocenters. The minimum Gasteiger partial charge on any atom is -0.312 e. The zero-order valence-electron chi connectivity index (χ0n) is 13.4. The average Bonchev–Trinajstić information content (AvgIpc) is 2.79. The summed E-state index contributed by atoms with van der Waals surface area (Å²) in [7, 11) is 0. The molecule has 4 fully saturated rings. The van der Waals surface area contributed by atoms with Crippen molar-refractivity contribution >= 4 is 0 Å². The van der Waals surface area contributed by atoms with E-state index in [1.165, 1.54) is 32.2 Å². The zero-order chi connectivity index (χ0) is 13.9. The Morgan fingerprint density at radius 1 is 1.35 bits per heavy atom. The van der Waals surface area contributed by atoms with Gasteiger partial charge in [-0.3, -0.25) is 0 Å². The second-order valence-electron chi connectivity index (χ2n) is 8.12. The maximum atomic E-state index is 3.73. The van der Waals surface area contributed by atoms with E-state index < -0.39 is 0 Å². The molecular formula is C18H30N2. The van der Waals surface area contributed by atoms with Gasteiger partial charge in [0.2, 0.25) is 0 Å². The lowest BCUT2D eigenvalue weighted by molar-refractivity contribution is 0.197. The first kappa shape index (κ1) is 13.2. The third-order valence-corrected chi connectivity index (χ3v) is 6.75. The van der Waals surface area contributed by atoms with Crippen molar-refractivity contribution in [2.75, 3.05) is 13.1 Å². The molecule has 1 spiro atoms. The van der Waals surface area contributed by atoms with E-state index in [1.807, 2.05) is 0 Å². The third kappa shape index (κ3) is 1.73. The molecule has 3 saturated carbocycles. The van der Waals surface area contributed by atoms with E-state index in [2.05, 4.69) is 31.2 Å². The molecule has 4 aliphatic rings. The van der Waals surface area contributed by atoms with Crippen LogP contribution in [0.3, 0.4) is 0 Å². The monoisotopic (exact) mass is 274 g/mol. The Balaban J connectivity index is 1.57. The first-order chi connectivity index (χ1) is 9.66. The molecule has 0 aromatic rings. The number of allylic oxidation sites excluding steroid dienone is 2. The van der Waals surface area contributed by atoms with Crippen LogP contribution in [-0.4, -0.2) is 18.1 Å². The topological polar surface area (TPSA) is 15.3 Å². The third-order valence-electron chi connectivity index (χ3n) is 6.75. The van der Waals surface area contributed by atoms with E-state index in [9.17, 15) is 0 Å². The van der Waals surface area contributed by atoms with Crippen LogP contribution in [0.15, 0.2) is 11.3 Å². The van der Waals surface area contributed by atoms with Crippen LogP contribution in [-0.2, 0) is 0 Å². The van der Waals surface area contributed by atoms with E-state index in [-0.39, 0.29) is 0 Å². The van der Waals surface area contributed by atoms with Crippen molar-refractivity contribution in [3.05, 3.63) is 11.3 Å². The predicted molar refractivity (Wildman–Crippen MR) is 82.9 cm³/mol. The molecule has 0 amide bonds. The lowest BCUT2D eigenvalue weighted by atomic mass is 9.72. The van der Waals surface area contributed by atoms with Gasteiger partial charge in [-0.1, -0.05) is 18.9 Å². The van der Waals surface area contributed by atoms with Gasteiger partial charge in [-0.15, -0.1) is 0 Å². The highest BCUT2D eigenvalue weighted by Crippen LogP contribution is 2.74. The quantitative estimate of drug-likeness (QED) is 0.781. The molecule has 4 rings (SSSR count). The molecule has 1 N–H and O–H groups in total. The number of rotatable bonds is 4. The summed E-state index contributed by atoms with van der Waals surface area (Å²) in [6, 6.07) is 0. The van der Waals surface area contributed by atoms with Crippen molar-refractivity contribution in [1.29, 1.82) is 0 Å². The lowest BCUT2D eigenvalue weighted by Crippen LogP contribution is -2.37. The Kier molecular flexibility index (Phi) is 2.96. The van der Waals surface area contributed by atoms with Crippen LogP contribution in [0.4, 0.5) is 0 Å². The molecule has 2 bridgehead atoms. The second-order valence-corrected chi connectivity index (χ2v) is 8.12. The van der Waals surface area contributed by atoms with Gasteiger partial charge in [-0.05, 0) is 69.1 Å². The molecule has 0 aromatic carbocycles. The Labute approximate surface area is 124 Å². The van der Waals surface area contributed by atoms with Gasteiger partial charge in [0.05, 0.1) is 0 Å². The van der Waals surface area contributed by atoms with Gasteiger partial charge in [-0.2, -0.15) is 0 Å². The largest absolute Gasteiger partial charge is 0.312 e. The molecule has 0 radical (unpaired) electrons. The normalized spacial score (nSPS) is 39.8. The standard InChI is InChI=1S/C18H30N2/c1-4-5-8-19-20-11-14-13-9-15(18(10-13)6-7-18)16(14)17(20)12(2)3/h13-16,19H,4-11H2,1-3H3. The maximum Gasteiger partial charge on any atom is 0.0378 e. The molecule has 1 heterocycles. The molecule has 20 heavy (non-hydrogen) atoms. The fourth-order valence-corrected chi connectivity index (χ4v) is 5.80. The van der Waals surface area contributed by atoms with Crippen LogP contribution >= 0.6 is 0 Å². The Hall–Kier alpha value is -0.500. The van der Waals surface area contributed by atoms with Crippen molar-refractivity contribution in [3.8, 4) is 0 Å². The summed E-state index contributed by atoms with van der Waals surface area (Å²) in [4.78, 5) is 0. The number of fused-ring (bicyclic) bond motifs is 6. The summed E-state index contributed by atoms with van der Waals surface area (Å²) in [5.74, 6) is 3.93. The van der Waals surface area contributed by atoms with Crippen LogP contribution in [0, 0.1) is 29.1 Å². The van der Waals surface area contributed by atoms with Crippen LogP contribution in [0.25, 0.3) is 0 Å². The van der Waals surface area contributed by atoms with E-state index in [0.29, 0.717) is 0 Å². The Bertz CT molecular complexity index is 431. The zero-order valence-corrected chi connectivity index (χ0v) is 13.4. The van der Waals surface area contributed by atoms with E-state index in [1.54, 1.807) is 24.1 Å². The van der Waals surface area contributed by atoms with Gasteiger partial charge >= 0.3 is 0 Å². The van der Waals surface area contributed by atoms with Gasteiger partial charge in [0, 0.05) is 24.7 Å². The van der Waals surface area contributed by atoms with Gasteiger partial charge in [0.15, 0.2) is 0 Å². The fourth-order valence-electron chi connectivity index (χ4n) is 5.80. The number of nitrogens with one attached hydrogen (secondary N) is 1. The summed E-state index contributed by atoms with van der Waals surface area (Å²) in [5.41, 5.74) is 7.79. The smallest absolute Gasteiger partial charge is 0.0378 e. The highest BCUT2D eigenvalue weighted by Gasteiger charge is 2.67. The maximum absolute atomic E-state index is 3.73. The minimum atomic E-state index is 0.811. The lowest BCUT2D eigenvalue weighted by Gasteiger charge is -2.32. The van der Waals surface area contributed by atoms with Crippen molar-refractivity contribution < 1.29 is 0 Å². The highest BCUT2D eigenvalue weighted by molar-refractivity contribution is 5.28. The number of unbranched alkanes of at least 4 members (excludes halogenated alkanes) is 1. The fraction of sp³-hybridized carbons (Fsp3) is 0.889. The van der Waals surface area contributed by atoms with E-state index >= 15 is 0 Å². The first-order valence-electron chi connectivity index (χ1n) is 8.85. The second kappa shape index (κ2) is 4.50. The summed E-state index contributed by atoms with van der Waals surface area (Å²) in [6.07, 6.45) is 8.77. The summed E-state index contributed by atoms with van der Waals surface area (Å²) < 4.78 is 0.